The van der Waals surface area contributed by atoms with Gasteiger partial charge in [0.25, 0.3) is 0 Å². The van der Waals surface area contributed by atoms with Gasteiger partial charge in [-0.3, -0.25) is 0 Å². The standard InChI is InChI=1S/C10H18N4OS/c1-4-11-8-7-9(14(2)5-6-15)13-10(12-8)16-3/h7,15H,4-6H2,1-3H3,(H,11,12,13). The molecule has 1 rings (SSSR count). The van der Waals surface area contributed by atoms with Crippen molar-refractivity contribution in [2.24, 2.45) is 0 Å². The summed E-state index contributed by atoms with van der Waals surface area (Å²) >= 11 is 1.51. The quantitative estimate of drug-likeness (QED) is 0.574. The SMILES string of the molecule is CCNc1cc(N(C)CCO)nc(SC)n1. The van der Waals surface area contributed by atoms with Gasteiger partial charge < -0.3 is 15.3 Å². The van der Waals surface area contributed by atoms with Gasteiger partial charge in [-0.2, -0.15) is 0 Å². The maximum Gasteiger partial charge on any atom is 0.191 e. The molecule has 0 aromatic carbocycles. The van der Waals surface area contributed by atoms with Gasteiger partial charge in [-0.15, -0.1) is 0 Å². The lowest BCUT2D eigenvalue weighted by atomic mass is 10.4. The van der Waals surface area contributed by atoms with E-state index in [1.807, 2.05) is 31.2 Å². The van der Waals surface area contributed by atoms with Crippen LogP contribution in [0.15, 0.2) is 11.2 Å². The van der Waals surface area contributed by atoms with Crippen LogP contribution in [-0.2, 0) is 0 Å². The Labute approximate surface area is 100 Å². The molecular weight excluding hydrogens is 224 g/mol. The van der Waals surface area contributed by atoms with Crippen LogP contribution in [0.25, 0.3) is 0 Å². The van der Waals surface area contributed by atoms with E-state index in [1.165, 1.54) is 11.8 Å². The molecule has 0 saturated carbocycles. The van der Waals surface area contributed by atoms with Crippen LogP contribution < -0.4 is 10.2 Å². The van der Waals surface area contributed by atoms with Crippen molar-refractivity contribution in [3.63, 3.8) is 0 Å². The molecule has 0 aliphatic rings. The molecule has 90 valence electrons. The first-order valence-electron chi connectivity index (χ1n) is 5.20. The zero-order valence-electron chi connectivity index (χ0n) is 9.90. The van der Waals surface area contributed by atoms with Crippen LogP contribution >= 0.6 is 11.8 Å². The molecule has 1 aromatic rings. The fourth-order valence-electron chi connectivity index (χ4n) is 1.24. The number of thioether (sulfide) groups is 1. The molecule has 0 aliphatic carbocycles. The van der Waals surface area contributed by atoms with E-state index in [9.17, 15) is 0 Å². The van der Waals surface area contributed by atoms with E-state index in [1.54, 1.807) is 0 Å². The Morgan fingerprint density at radius 3 is 2.81 bits per heavy atom. The largest absolute Gasteiger partial charge is 0.395 e. The van der Waals surface area contributed by atoms with Gasteiger partial charge in [0.15, 0.2) is 5.16 Å². The lowest BCUT2D eigenvalue weighted by molar-refractivity contribution is 0.303. The minimum absolute atomic E-state index is 0.117. The third-order valence-corrected chi connectivity index (χ3v) is 2.61. The van der Waals surface area contributed by atoms with Gasteiger partial charge in [0.05, 0.1) is 6.61 Å². The van der Waals surface area contributed by atoms with Crippen LogP contribution in [0.4, 0.5) is 11.6 Å². The van der Waals surface area contributed by atoms with Gasteiger partial charge in [0, 0.05) is 26.2 Å². The zero-order chi connectivity index (χ0) is 12.0. The second kappa shape index (κ2) is 6.55. The minimum Gasteiger partial charge on any atom is -0.395 e. The maximum atomic E-state index is 8.89. The summed E-state index contributed by atoms with van der Waals surface area (Å²) in [4.78, 5) is 10.6. The molecule has 0 fully saturated rings. The molecule has 0 saturated heterocycles. The molecule has 0 bridgehead atoms. The number of hydrogen-bond donors (Lipinski definition) is 2. The number of aliphatic hydroxyl groups is 1. The van der Waals surface area contributed by atoms with E-state index in [4.69, 9.17) is 5.11 Å². The summed E-state index contributed by atoms with van der Waals surface area (Å²) < 4.78 is 0. The van der Waals surface area contributed by atoms with Crippen molar-refractivity contribution in [2.75, 3.05) is 43.2 Å². The molecule has 1 aromatic heterocycles. The van der Waals surface area contributed by atoms with Crippen LogP contribution in [0, 0.1) is 0 Å². The predicted molar refractivity (Wildman–Crippen MR) is 68.3 cm³/mol. The highest BCUT2D eigenvalue weighted by molar-refractivity contribution is 7.98. The lowest BCUT2D eigenvalue weighted by Gasteiger charge is -2.18. The van der Waals surface area contributed by atoms with Gasteiger partial charge >= 0.3 is 0 Å². The first-order valence-corrected chi connectivity index (χ1v) is 6.42. The number of hydrogen-bond acceptors (Lipinski definition) is 6. The Balaban J connectivity index is 2.93. The van der Waals surface area contributed by atoms with Crippen LogP contribution in [0.3, 0.4) is 0 Å². The van der Waals surface area contributed by atoms with Crippen molar-refractivity contribution < 1.29 is 5.11 Å². The van der Waals surface area contributed by atoms with Crippen molar-refractivity contribution in [3.05, 3.63) is 6.07 Å². The van der Waals surface area contributed by atoms with Crippen molar-refractivity contribution >= 4 is 23.4 Å². The zero-order valence-corrected chi connectivity index (χ0v) is 10.7. The summed E-state index contributed by atoms with van der Waals surface area (Å²) in [5, 5.41) is 12.8. The highest BCUT2D eigenvalue weighted by atomic mass is 32.2. The second-order valence-corrected chi connectivity index (χ2v) is 4.05. The summed E-state index contributed by atoms with van der Waals surface area (Å²) in [6.45, 7) is 3.54. The Kier molecular flexibility index (Phi) is 5.34. The molecule has 0 spiro atoms. The van der Waals surface area contributed by atoms with E-state index in [-0.39, 0.29) is 6.61 Å². The summed E-state index contributed by atoms with van der Waals surface area (Å²) in [5.74, 6) is 1.64. The number of rotatable bonds is 6. The van der Waals surface area contributed by atoms with Gasteiger partial charge in [0.2, 0.25) is 0 Å². The van der Waals surface area contributed by atoms with Crippen LogP contribution in [-0.4, -0.2) is 48.1 Å². The topological polar surface area (TPSA) is 61.3 Å². The van der Waals surface area contributed by atoms with Crippen molar-refractivity contribution in [1.29, 1.82) is 0 Å². The van der Waals surface area contributed by atoms with Crippen molar-refractivity contribution in [3.8, 4) is 0 Å². The Hall–Kier alpha value is -1.01. The molecule has 5 nitrogen and oxygen atoms in total. The Morgan fingerprint density at radius 1 is 1.50 bits per heavy atom. The lowest BCUT2D eigenvalue weighted by Crippen LogP contribution is -2.22. The summed E-state index contributed by atoms with van der Waals surface area (Å²) in [7, 11) is 1.90. The average molecular weight is 242 g/mol. The van der Waals surface area contributed by atoms with Gasteiger partial charge in [0.1, 0.15) is 11.6 Å². The normalized spacial score (nSPS) is 10.2. The fraction of sp³-hybridized carbons (Fsp3) is 0.600. The first-order chi connectivity index (χ1) is 7.71. The third-order valence-electron chi connectivity index (χ3n) is 2.06. The van der Waals surface area contributed by atoms with E-state index in [0.29, 0.717) is 6.54 Å². The summed E-state index contributed by atoms with van der Waals surface area (Å²) in [6.07, 6.45) is 1.95. The summed E-state index contributed by atoms with van der Waals surface area (Å²) in [6, 6.07) is 1.89. The second-order valence-electron chi connectivity index (χ2n) is 3.27. The Bertz CT molecular complexity index is 335. The number of aromatic nitrogens is 2. The van der Waals surface area contributed by atoms with E-state index in [2.05, 4.69) is 15.3 Å². The van der Waals surface area contributed by atoms with Gasteiger partial charge in [-0.1, -0.05) is 11.8 Å². The number of anilines is 2. The Morgan fingerprint density at radius 2 is 2.25 bits per heavy atom. The van der Waals surface area contributed by atoms with E-state index < -0.39 is 0 Å². The third kappa shape index (κ3) is 3.53. The van der Waals surface area contributed by atoms with Crippen LogP contribution in [0.1, 0.15) is 6.92 Å². The fourth-order valence-corrected chi connectivity index (χ4v) is 1.61. The number of nitrogens with one attached hydrogen (secondary N) is 1. The van der Waals surface area contributed by atoms with E-state index in [0.717, 1.165) is 23.3 Å². The van der Waals surface area contributed by atoms with Crippen LogP contribution in [0.2, 0.25) is 0 Å². The molecule has 2 N–H and O–H groups in total. The average Bonchev–Trinajstić information content (AvgIpc) is 2.29. The summed E-state index contributed by atoms with van der Waals surface area (Å²) in [5.41, 5.74) is 0. The monoisotopic (exact) mass is 242 g/mol. The maximum absolute atomic E-state index is 8.89. The molecule has 0 aliphatic heterocycles. The number of likely N-dealkylation sites (N-methyl/N-ethyl adjacent to an activating group) is 1. The van der Waals surface area contributed by atoms with Crippen LogP contribution in [0.5, 0.6) is 0 Å². The molecule has 16 heavy (non-hydrogen) atoms. The van der Waals surface area contributed by atoms with Gasteiger partial charge in [-0.05, 0) is 13.2 Å². The molecule has 1 heterocycles. The molecule has 0 amide bonds. The number of aliphatic hydroxyl groups excluding tert-OH is 1. The highest BCUT2D eigenvalue weighted by Gasteiger charge is 2.07. The minimum atomic E-state index is 0.117. The molecular formula is C10H18N4OS. The van der Waals surface area contributed by atoms with Gasteiger partial charge in [-0.25, -0.2) is 9.97 Å². The predicted octanol–water partition coefficient (Wildman–Crippen LogP) is 1.06. The van der Waals surface area contributed by atoms with E-state index >= 15 is 0 Å². The molecule has 0 radical (unpaired) electrons. The number of nitrogens with zero attached hydrogens (tertiary/aromatic N) is 3. The molecule has 6 heteroatoms. The highest BCUT2D eigenvalue weighted by Crippen LogP contribution is 2.19. The molecule has 0 atom stereocenters. The smallest absolute Gasteiger partial charge is 0.191 e. The van der Waals surface area contributed by atoms with Crippen molar-refractivity contribution in [2.45, 2.75) is 12.1 Å². The first kappa shape index (κ1) is 13.1. The molecule has 0 unspecified atom stereocenters. The van der Waals surface area contributed by atoms with Crippen molar-refractivity contribution in [1.82, 2.24) is 9.97 Å².